The van der Waals surface area contributed by atoms with E-state index in [0.29, 0.717) is 35.6 Å². The molecule has 1 saturated heterocycles. The summed E-state index contributed by atoms with van der Waals surface area (Å²) in [5, 5.41) is 10.6. The second kappa shape index (κ2) is 7.43. The number of aromatic nitrogens is 2. The van der Waals surface area contributed by atoms with Crippen LogP contribution in [-0.4, -0.2) is 45.6 Å². The molecule has 2 N–H and O–H groups in total. The van der Waals surface area contributed by atoms with Gasteiger partial charge in [0.25, 0.3) is 0 Å². The van der Waals surface area contributed by atoms with Gasteiger partial charge in [-0.25, -0.2) is 0 Å². The van der Waals surface area contributed by atoms with Crippen molar-refractivity contribution in [3.63, 3.8) is 0 Å². The molecule has 3 heterocycles. The quantitative estimate of drug-likeness (QED) is 0.546. The maximum Gasteiger partial charge on any atom is 0.248 e. The molecule has 0 bridgehead atoms. The largest absolute Gasteiger partial charge is 0.387 e. The van der Waals surface area contributed by atoms with E-state index in [0.717, 1.165) is 42.0 Å². The zero-order valence-corrected chi connectivity index (χ0v) is 18.0. The molecule has 1 fully saturated rings. The first-order chi connectivity index (χ1) is 14.8. The first-order valence-corrected chi connectivity index (χ1v) is 10.8. The Bertz CT molecular complexity index is 1230. The predicted octanol–water partition coefficient (Wildman–Crippen LogP) is 4.51. The minimum atomic E-state index is -0.916. The molecule has 1 aromatic carbocycles. The summed E-state index contributed by atoms with van der Waals surface area (Å²) in [6.45, 7) is 0.679. The molecular formula is C22H19Cl2F2N3O2. The molecule has 0 radical (unpaired) electrons. The minimum Gasteiger partial charge on any atom is -0.387 e. The first kappa shape index (κ1) is 20.7. The van der Waals surface area contributed by atoms with E-state index in [4.69, 9.17) is 23.2 Å². The van der Waals surface area contributed by atoms with E-state index >= 15 is 0 Å². The van der Waals surface area contributed by atoms with Gasteiger partial charge in [-0.3, -0.25) is 4.79 Å². The van der Waals surface area contributed by atoms with Crippen LogP contribution in [0.4, 0.5) is 8.78 Å². The van der Waals surface area contributed by atoms with Gasteiger partial charge >= 0.3 is 0 Å². The Morgan fingerprint density at radius 2 is 2.06 bits per heavy atom. The number of aliphatic hydroxyl groups is 1. The van der Waals surface area contributed by atoms with Crippen LogP contribution in [0.5, 0.6) is 0 Å². The number of amides is 1. The van der Waals surface area contributed by atoms with Gasteiger partial charge in [-0.1, -0.05) is 23.2 Å². The molecule has 1 atom stereocenters. The lowest BCUT2D eigenvalue weighted by Crippen LogP contribution is -2.36. The van der Waals surface area contributed by atoms with Gasteiger partial charge in [0.15, 0.2) is 0 Å². The summed E-state index contributed by atoms with van der Waals surface area (Å²) >= 11 is 12.8. The van der Waals surface area contributed by atoms with E-state index in [9.17, 15) is 18.7 Å². The number of hydrogen-bond donors (Lipinski definition) is 2. The summed E-state index contributed by atoms with van der Waals surface area (Å²) in [6.07, 6.45) is 3.14. The molecule has 3 aromatic rings. The fourth-order valence-electron chi connectivity index (χ4n) is 5.12. The van der Waals surface area contributed by atoms with Gasteiger partial charge in [0.1, 0.15) is 6.61 Å². The van der Waals surface area contributed by atoms with Crippen LogP contribution in [0.2, 0.25) is 10.0 Å². The fraction of sp³-hybridized carbons (Fsp3) is 0.364. The Morgan fingerprint density at radius 1 is 1.26 bits per heavy atom. The van der Waals surface area contributed by atoms with E-state index in [1.54, 1.807) is 11.0 Å². The summed E-state index contributed by atoms with van der Waals surface area (Å²) < 4.78 is 28.0. The van der Waals surface area contributed by atoms with Crippen molar-refractivity contribution < 1.29 is 18.7 Å². The van der Waals surface area contributed by atoms with E-state index < -0.39 is 18.5 Å². The Balaban J connectivity index is 1.66. The molecular weight excluding hydrogens is 447 g/mol. The highest BCUT2D eigenvalue weighted by Crippen LogP contribution is 2.48. The number of hydrogen-bond acceptors (Lipinski definition) is 3. The number of aromatic amines is 1. The second-order valence-electron chi connectivity index (χ2n) is 8.42. The third kappa shape index (κ3) is 3.30. The van der Waals surface area contributed by atoms with Crippen molar-refractivity contribution in [2.24, 2.45) is 5.41 Å². The summed E-state index contributed by atoms with van der Waals surface area (Å²) in [7, 11) is 0. The van der Waals surface area contributed by atoms with Gasteiger partial charge in [0, 0.05) is 29.7 Å². The number of fused-ring (bicyclic) bond motifs is 3. The molecule has 9 heteroatoms. The van der Waals surface area contributed by atoms with Crippen molar-refractivity contribution in [3.8, 4) is 11.1 Å². The highest BCUT2D eigenvalue weighted by molar-refractivity contribution is 6.45. The lowest BCUT2D eigenvalue weighted by atomic mass is 9.72. The normalized spacial score (nSPS) is 20.6. The van der Waals surface area contributed by atoms with Crippen molar-refractivity contribution in [1.29, 1.82) is 0 Å². The van der Waals surface area contributed by atoms with E-state index in [1.165, 1.54) is 6.07 Å². The van der Waals surface area contributed by atoms with E-state index in [-0.39, 0.29) is 21.9 Å². The Kier molecular flexibility index (Phi) is 4.95. The van der Waals surface area contributed by atoms with Gasteiger partial charge in [0.2, 0.25) is 17.8 Å². The number of H-pyrrole nitrogens is 1. The van der Waals surface area contributed by atoms with E-state index in [1.807, 2.05) is 0 Å². The van der Waals surface area contributed by atoms with Gasteiger partial charge < -0.3 is 15.0 Å². The molecule has 162 valence electrons. The summed E-state index contributed by atoms with van der Waals surface area (Å²) in [6, 6.07) is 4.06. The predicted molar refractivity (Wildman–Crippen MR) is 114 cm³/mol. The van der Waals surface area contributed by atoms with Crippen LogP contribution in [0.25, 0.3) is 22.0 Å². The SMILES string of the molecule is O=C(CO)N1CCC2(CCc3[nH]c4c(Cl)c(Cl)cc(-c5ccc(F)nc5F)c4c3C2)C1. The van der Waals surface area contributed by atoms with Crippen molar-refractivity contribution in [3.05, 3.63) is 51.4 Å². The standard InChI is InChI=1S/C22H19Cl2F2N3O2/c23-14-7-12(11-1-2-16(25)28-21(11)26)18-13-8-22(5-6-29(10-22)17(31)9-30)4-3-15(13)27-20(18)19(14)24/h1-2,7,27,30H,3-6,8-10H2. The maximum absolute atomic E-state index is 14.6. The lowest BCUT2D eigenvalue weighted by Gasteiger charge is -2.33. The van der Waals surface area contributed by atoms with E-state index in [2.05, 4.69) is 9.97 Å². The van der Waals surface area contributed by atoms with Crippen LogP contribution >= 0.6 is 23.2 Å². The number of carbonyl (C=O) groups is 1. The lowest BCUT2D eigenvalue weighted by molar-refractivity contribution is -0.133. The molecule has 2 aromatic heterocycles. The number of benzene rings is 1. The highest BCUT2D eigenvalue weighted by Gasteiger charge is 2.43. The number of carbonyl (C=O) groups excluding carboxylic acids is 1. The molecule has 0 saturated carbocycles. The zero-order valence-electron chi connectivity index (χ0n) is 16.4. The Hall–Kier alpha value is -2.22. The maximum atomic E-state index is 14.6. The second-order valence-corrected chi connectivity index (χ2v) is 9.21. The Labute approximate surface area is 187 Å². The number of aryl methyl sites for hydroxylation is 1. The van der Waals surface area contributed by atoms with Gasteiger partial charge in [-0.15, -0.1) is 0 Å². The zero-order chi connectivity index (χ0) is 21.9. The van der Waals surface area contributed by atoms with Crippen LogP contribution in [0.1, 0.15) is 24.1 Å². The molecule has 1 aliphatic carbocycles. The van der Waals surface area contributed by atoms with Gasteiger partial charge in [-0.05, 0) is 60.4 Å². The number of halogens is 4. The number of rotatable bonds is 2. The average molecular weight is 466 g/mol. The number of nitrogens with one attached hydrogen (secondary N) is 1. The van der Waals surface area contributed by atoms with Gasteiger partial charge in [0.05, 0.1) is 15.6 Å². The number of nitrogens with zero attached hydrogens (tertiary/aromatic N) is 2. The first-order valence-electron chi connectivity index (χ1n) is 10.0. The van der Waals surface area contributed by atoms with Crippen LogP contribution < -0.4 is 0 Å². The molecule has 1 amide bonds. The van der Waals surface area contributed by atoms with Crippen LogP contribution in [0.3, 0.4) is 0 Å². The monoisotopic (exact) mass is 465 g/mol. The van der Waals surface area contributed by atoms with Crippen molar-refractivity contribution in [1.82, 2.24) is 14.9 Å². The van der Waals surface area contributed by atoms with Crippen molar-refractivity contribution in [2.75, 3.05) is 19.7 Å². The fourth-order valence-corrected chi connectivity index (χ4v) is 5.52. The minimum absolute atomic E-state index is 0.115. The molecule has 1 unspecified atom stereocenters. The van der Waals surface area contributed by atoms with Gasteiger partial charge in [-0.2, -0.15) is 13.8 Å². The van der Waals surface area contributed by atoms with Crippen LogP contribution in [-0.2, 0) is 17.6 Å². The van der Waals surface area contributed by atoms with Crippen LogP contribution in [0.15, 0.2) is 18.2 Å². The molecule has 5 nitrogen and oxygen atoms in total. The van der Waals surface area contributed by atoms with Crippen molar-refractivity contribution >= 4 is 40.0 Å². The smallest absolute Gasteiger partial charge is 0.248 e. The molecule has 31 heavy (non-hydrogen) atoms. The number of aliphatic hydroxyl groups excluding tert-OH is 1. The Morgan fingerprint density at radius 3 is 2.81 bits per heavy atom. The summed E-state index contributed by atoms with van der Waals surface area (Å²) in [4.78, 5) is 20.4. The third-order valence-electron chi connectivity index (χ3n) is 6.65. The average Bonchev–Trinajstić information content (AvgIpc) is 3.33. The molecule has 5 rings (SSSR count). The molecule has 2 aliphatic rings. The number of pyridine rings is 1. The van der Waals surface area contributed by atoms with Crippen LogP contribution in [0, 0.1) is 17.3 Å². The third-order valence-corrected chi connectivity index (χ3v) is 7.44. The summed E-state index contributed by atoms with van der Waals surface area (Å²) in [5.41, 5.74) is 3.18. The topological polar surface area (TPSA) is 69.2 Å². The molecule has 1 spiro atoms. The molecule has 1 aliphatic heterocycles. The summed E-state index contributed by atoms with van der Waals surface area (Å²) in [5.74, 6) is -2.08. The van der Waals surface area contributed by atoms with Crippen molar-refractivity contribution in [2.45, 2.75) is 25.7 Å². The number of likely N-dealkylation sites (tertiary alicyclic amines) is 1. The highest BCUT2D eigenvalue weighted by atomic mass is 35.5.